The first-order valence-electron chi connectivity index (χ1n) is 9.52. The fraction of sp³-hybridized carbons (Fsp3) is 0.125. The van der Waals surface area contributed by atoms with E-state index in [4.69, 9.17) is 0 Å². The zero-order chi connectivity index (χ0) is 20.8. The van der Waals surface area contributed by atoms with E-state index < -0.39 is 29.3 Å². The van der Waals surface area contributed by atoms with Crippen molar-refractivity contribution in [3.05, 3.63) is 89.0 Å². The van der Waals surface area contributed by atoms with E-state index in [-0.39, 0.29) is 11.5 Å². The molecule has 0 spiro atoms. The molecular formula is C24H15F2N2O2+. The molecule has 0 fully saturated rings. The van der Waals surface area contributed by atoms with Gasteiger partial charge in [0.1, 0.15) is 11.3 Å². The van der Waals surface area contributed by atoms with E-state index in [1.54, 1.807) is 24.3 Å². The maximum Gasteiger partial charge on any atom is 0.506 e. The lowest BCUT2D eigenvalue weighted by atomic mass is 9.90. The quantitative estimate of drug-likeness (QED) is 0.539. The molecule has 0 saturated carbocycles. The molecule has 5 rings (SSSR count). The van der Waals surface area contributed by atoms with Gasteiger partial charge in [-0.3, -0.25) is 0 Å². The average Bonchev–Trinajstić information content (AvgIpc) is 3.18. The van der Waals surface area contributed by atoms with E-state index in [9.17, 15) is 18.4 Å². The van der Waals surface area contributed by atoms with Crippen LogP contribution in [-0.2, 0) is 4.79 Å². The van der Waals surface area contributed by atoms with E-state index in [2.05, 4.69) is 11.8 Å². The summed E-state index contributed by atoms with van der Waals surface area (Å²) in [6, 6.07) is 10.4. The molecule has 0 saturated heterocycles. The van der Waals surface area contributed by atoms with Crippen LogP contribution in [0.1, 0.15) is 17.5 Å². The summed E-state index contributed by atoms with van der Waals surface area (Å²) in [5.41, 5.74) is 1.06. The van der Waals surface area contributed by atoms with Crippen LogP contribution in [-0.4, -0.2) is 28.8 Å². The largest absolute Gasteiger partial charge is 0.506 e. The normalized spacial score (nSPS) is 19.5. The van der Waals surface area contributed by atoms with Crippen LogP contribution in [0, 0.1) is 29.4 Å². The zero-order valence-corrected chi connectivity index (χ0v) is 15.7. The molecule has 0 aromatic heterocycles. The molecule has 6 heteroatoms. The lowest BCUT2D eigenvalue weighted by molar-refractivity contribution is -0.417. The number of anilines is 1. The molecule has 2 aromatic rings. The van der Waals surface area contributed by atoms with E-state index in [1.807, 2.05) is 24.3 Å². The van der Waals surface area contributed by atoms with Crippen molar-refractivity contribution in [2.24, 2.45) is 5.92 Å². The molecule has 1 aliphatic carbocycles. The van der Waals surface area contributed by atoms with E-state index in [1.165, 1.54) is 4.58 Å². The lowest BCUT2D eigenvalue weighted by Crippen LogP contribution is -2.51. The minimum atomic E-state index is -1.01. The number of rotatable bonds is 1. The molecule has 4 nitrogen and oxygen atoms in total. The van der Waals surface area contributed by atoms with Crippen molar-refractivity contribution in [3.63, 3.8) is 0 Å². The van der Waals surface area contributed by atoms with E-state index >= 15 is 0 Å². The van der Waals surface area contributed by atoms with Gasteiger partial charge in [-0.1, -0.05) is 42.2 Å². The maximum absolute atomic E-state index is 14.9. The van der Waals surface area contributed by atoms with Gasteiger partial charge in [-0.25, -0.2) is 13.6 Å². The molecule has 1 unspecified atom stereocenters. The van der Waals surface area contributed by atoms with Crippen molar-refractivity contribution in [1.29, 1.82) is 0 Å². The summed E-state index contributed by atoms with van der Waals surface area (Å²) in [6.07, 6.45) is 5.93. The van der Waals surface area contributed by atoms with Gasteiger partial charge in [-0.2, -0.15) is 9.37 Å². The molecule has 0 radical (unpaired) electrons. The van der Waals surface area contributed by atoms with Gasteiger partial charge in [0.2, 0.25) is 5.69 Å². The van der Waals surface area contributed by atoms with Crippen LogP contribution in [0.5, 0.6) is 0 Å². The first-order valence-corrected chi connectivity index (χ1v) is 9.52. The first-order chi connectivity index (χ1) is 14.5. The van der Waals surface area contributed by atoms with Crippen molar-refractivity contribution in [3.8, 4) is 11.8 Å². The zero-order valence-electron chi connectivity index (χ0n) is 15.7. The fourth-order valence-corrected chi connectivity index (χ4v) is 4.05. The number of urea groups is 1. The summed E-state index contributed by atoms with van der Waals surface area (Å²) in [4.78, 5) is 26.5. The number of hydrogen-bond acceptors (Lipinski definition) is 2. The summed E-state index contributed by atoms with van der Waals surface area (Å²) in [5.74, 6) is 2.78. The van der Waals surface area contributed by atoms with Crippen LogP contribution >= 0.6 is 0 Å². The summed E-state index contributed by atoms with van der Waals surface area (Å²) >= 11 is 0. The van der Waals surface area contributed by atoms with Gasteiger partial charge >= 0.3 is 11.9 Å². The van der Waals surface area contributed by atoms with Crippen LogP contribution in [0.2, 0.25) is 0 Å². The Labute approximate surface area is 171 Å². The number of carbonyl (C=O) groups excluding carboxylic acids is 2. The molecule has 3 aliphatic rings. The van der Waals surface area contributed by atoms with Crippen molar-refractivity contribution in [1.82, 2.24) is 0 Å². The lowest BCUT2D eigenvalue weighted by Gasteiger charge is -2.23. The molecule has 2 aliphatic heterocycles. The average molecular weight is 401 g/mol. The number of amides is 3. The van der Waals surface area contributed by atoms with Crippen LogP contribution in [0.15, 0.2) is 66.3 Å². The van der Waals surface area contributed by atoms with Gasteiger partial charge in [0.05, 0.1) is 6.54 Å². The first kappa shape index (κ1) is 18.2. The number of allylic oxidation sites excluding steroid dienone is 3. The van der Waals surface area contributed by atoms with Gasteiger partial charge in [0.25, 0.3) is 0 Å². The maximum atomic E-state index is 14.9. The number of imide groups is 1. The predicted octanol–water partition coefficient (Wildman–Crippen LogP) is 3.80. The number of hydrogen-bond donors (Lipinski definition) is 0. The third kappa shape index (κ3) is 2.79. The smallest absolute Gasteiger partial charge is 0.240 e. The Morgan fingerprint density at radius 2 is 1.70 bits per heavy atom. The van der Waals surface area contributed by atoms with Crippen molar-refractivity contribution >= 4 is 23.3 Å². The Morgan fingerprint density at radius 3 is 2.43 bits per heavy atom. The Balaban J connectivity index is 1.56. The molecule has 2 aromatic carbocycles. The third-order valence-electron chi connectivity index (χ3n) is 5.41. The second kappa shape index (κ2) is 6.89. The minimum Gasteiger partial charge on any atom is -0.240 e. The Morgan fingerprint density at radius 1 is 1.00 bits per heavy atom. The summed E-state index contributed by atoms with van der Waals surface area (Å²) in [6.45, 7) is 0.397. The Bertz CT molecular complexity index is 1220. The monoisotopic (exact) mass is 401 g/mol. The van der Waals surface area contributed by atoms with Crippen LogP contribution in [0.25, 0.3) is 0 Å². The minimum absolute atomic E-state index is 0.0228. The van der Waals surface area contributed by atoms with Crippen LogP contribution < -0.4 is 4.90 Å². The Kier molecular flexibility index (Phi) is 4.18. The standard InChI is InChI=1S/C24H15F2N2O2/c25-19-13-16(10-9-15-5-2-1-3-6-15)14-20(26)22(19)28-23(29)18-8-4-7-17-11-12-27(21(17)18)24(28)30/h1-8,13-14,17H,11-12H2/q+1. The molecule has 3 amide bonds. The summed E-state index contributed by atoms with van der Waals surface area (Å²) < 4.78 is 31.3. The summed E-state index contributed by atoms with van der Waals surface area (Å²) in [5, 5.41) is 0. The number of benzene rings is 2. The highest BCUT2D eigenvalue weighted by atomic mass is 19.1. The van der Waals surface area contributed by atoms with Gasteiger partial charge in [-0.15, -0.1) is 4.90 Å². The molecular weight excluding hydrogens is 386 g/mol. The van der Waals surface area contributed by atoms with Crippen molar-refractivity contribution in [2.75, 3.05) is 11.4 Å². The highest BCUT2D eigenvalue weighted by Gasteiger charge is 2.52. The second-order valence-corrected chi connectivity index (χ2v) is 7.22. The molecule has 0 N–H and O–H groups in total. The third-order valence-corrected chi connectivity index (χ3v) is 5.41. The summed E-state index contributed by atoms with van der Waals surface area (Å²) in [7, 11) is 0. The number of carbonyl (C=O) groups is 2. The molecule has 1 atom stereocenters. The Hall–Kier alpha value is -3.85. The van der Waals surface area contributed by atoms with Gasteiger partial charge in [0.15, 0.2) is 11.6 Å². The topological polar surface area (TPSA) is 40.4 Å². The number of nitrogens with zero attached hydrogens (tertiary/aromatic N) is 2. The highest BCUT2D eigenvalue weighted by Crippen LogP contribution is 2.34. The van der Waals surface area contributed by atoms with Crippen LogP contribution in [0.4, 0.5) is 19.3 Å². The van der Waals surface area contributed by atoms with E-state index in [0.29, 0.717) is 34.7 Å². The van der Waals surface area contributed by atoms with Gasteiger partial charge < -0.3 is 0 Å². The van der Waals surface area contributed by atoms with Crippen molar-refractivity contribution in [2.45, 2.75) is 6.42 Å². The second-order valence-electron chi connectivity index (χ2n) is 7.22. The van der Waals surface area contributed by atoms with Gasteiger partial charge in [0, 0.05) is 17.0 Å². The molecule has 0 bridgehead atoms. The van der Waals surface area contributed by atoms with Gasteiger partial charge in [-0.05, 0) is 36.8 Å². The van der Waals surface area contributed by atoms with Crippen LogP contribution in [0.3, 0.4) is 0 Å². The van der Waals surface area contributed by atoms with E-state index in [0.717, 1.165) is 12.1 Å². The SMILES string of the molecule is O=C1C2=CC=CC3CC[N+](=C23)C(=O)N1c1c(F)cc(C#Cc2ccccc2)cc1F. The number of halogens is 2. The molecule has 2 heterocycles. The molecule has 30 heavy (non-hydrogen) atoms. The van der Waals surface area contributed by atoms with Crippen molar-refractivity contribution < 1.29 is 22.9 Å². The predicted molar refractivity (Wildman–Crippen MR) is 107 cm³/mol. The highest BCUT2D eigenvalue weighted by molar-refractivity contribution is 6.35. The molecule has 146 valence electrons. The fourth-order valence-electron chi connectivity index (χ4n) is 4.05.